The highest BCUT2D eigenvalue weighted by Gasteiger charge is 2.26. The van der Waals surface area contributed by atoms with Gasteiger partial charge in [0.15, 0.2) is 11.6 Å². The van der Waals surface area contributed by atoms with E-state index in [4.69, 9.17) is 14.5 Å². The van der Waals surface area contributed by atoms with E-state index in [-0.39, 0.29) is 24.5 Å². The zero-order valence-corrected chi connectivity index (χ0v) is 22.4. The summed E-state index contributed by atoms with van der Waals surface area (Å²) < 4.78 is 24.8. The van der Waals surface area contributed by atoms with E-state index < -0.39 is 5.82 Å². The van der Waals surface area contributed by atoms with Gasteiger partial charge in [-0.3, -0.25) is 0 Å². The van der Waals surface area contributed by atoms with Crippen LogP contribution in [0.4, 0.5) is 15.0 Å². The summed E-state index contributed by atoms with van der Waals surface area (Å²) in [6, 6.07) is 13.3. The monoisotopic (exact) mass is 534 g/mol. The Balaban J connectivity index is 1.54. The van der Waals surface area contributed by atoms with Gasteiger partial charge in [-0.05, 0) is 56.4 Å². The average Bonchev–Trinajstić information content (AvgIpc) is 3.33. The summed E-state index contributed by atoms with van der Waals surface area (Å²) in [6.07, 6.45) is 2.96. The number of aromatic nitrogens is 2. The van der Waals surface area contributed by atoms with E-state index in [2.05, 4.69) is 16.4 Å². The molecule has 1 aliphatic rings. The number of halogens is 1. The topological polar surface area (TPSA) is 99.7 Å². The van der Waals surface area contributed by atoms with Crippen molar-refractivity contribution < 1.29 is 23.8 Å². The van der Waals surface area contributed by atoms with Gasteiger partial charge in [-0.25, -0.2) is 14.2 Å². The molecule has 9 heteroatoms. The second kappa shape index (κ2) is 11.9. The molecule has 0 radical (unpaired) electrons. The van der Waals surface area contributed by atoms with E-state index in [9.17, 15) is 14.3 Å². The molecule has 206 valence electrons. The van der Waals surface area contributed by atoms with Gasteiger partial charge in [0.05, 0.1) is 24.9 Å². The van der Waals surface area contributed by atoms with Crippen molar-refractivity contribution in [3.63, 3.8) is 0 Å². The molecule has 2 aromatic carbocycles. The fourth-order valence-electron chi connectivity index (χ4n) is 5.42. The van der Waals surface area contributed by atoms with Crippen LogP contribution in [0, 0.1) is 5.82 Å². The van der Waals surface area contributed by atoms with Crippen molar-refractivity contribution in [2.45, 2.75) is 45.1 Å². The first-order chi connectivity index (χ1) is 19.0. The summed E-state index contributed by atoms with van der Waals surface area (Å²) >= 11 is 0. The number of hydrogen-bond donors (Lipinski definition) is 3. The van der Waals surface area contributed by atoms with Crippen LogP contribution in [0.2, 0.25) is 0 Å². The lowest BCUT2D eigenvalue weighted by molar-refractivity contribution is 0.0983. The van der Waals surface area contributed by atoms with Crippen LogP contribution in [0.25, 0.3) is 21.8 Å². The van der Waals surface area contributed by atoms with Gasteiger partial charge in [-0.2, -0.15) is 0 Å². The third-order valence-corrected chi connectivity index (χ3v) is 7.36. The molecular formula is C30H35FN4O4. The molecule has 3 N–H and O–H groups in total. The van der Waals surface area contributed by atoms with Gasteiger partial charge in [0.25, 0.3) is 0 Å². The second-order valence-corrected chi connectivity index (χ2v) is 9.88. The van der Waals surface area contributed by atoms with Crippen LogP contribution in [-0.4, -0.2) is 65.5 Å². The molecule has 1 fully saturated rings. The number of aliphatic hydroxyl groups excluding tert-OH is 1. The highest BCUT2D eigenvalue weighted by Crippen LogP contribution is 2.36. The standard InChI is InChI=1S/C30H35FN4O4/c1-3-39-30(37)35-14-12-20(13-15-35)32-29-22(8-6-16-36)27-21-7-4-5-9-24(21)33-28(27)25(34-29)18-19-10-11-26(38-2)23(31)17-19/h4-5,7,9-11,17,20,33,36H,3,6,8,12-16,18H2,1-2H3,(H,32,34). The smallest absolute Gasteiger partial charge is 0.409 e. The Morgan fingerprint density at radius 3 is 2.74 bits per heavy atom. The van der Waals surface area contributed by atoms with Crippen molar-refractivity contribution in [3.8, 4) is 5.75 Å². The summed E-state index contributed by atoms with van der Waals surface area (Å²) in [6.45, 7) is 3.46. The van der Waals surface area contributed by atoms with Gasteiger partial charge in [0.2, 0.25) is 0 Å². The Bertz CT molecular complexity index is 1460. The van der Waals surface area contributed by atoms with Gasteiger partial charge < -0.3 is 29.8 Å². The van der Waals surface area contributed by atoms with Gasteiger partial charge in [-0.15, -0.1) is 0 Å². The normalized spacial score (nSPS) is 14.2. The highest BCUT2D eigenvalue weighted by atomic mass is 19.1. The number of aliphatic hydroxyl groups is 1. The average molecular weight is 535 g/mol. The largest absolute Gasteiger partial charge is 0.494 e. The van der Waals surface area contributed by atoms with Crippen molar-refractivity contribution in [1.29, 1.82) is 0 Å². The van der Waals surface area contributed by atoms with Crippen LogP contribution in [-0.2, 0) is 17.6 Å². The number of hydrogen-bond acceptors (Lipinski definition) is 6. The molecule has 5 rings (SSSR count). The number of carbonyl (C=O) groups is 1. The van der Waals surface area contributed by atoms with E-state index in [1.54, 1.807) is 11.0 Å². The molecule has 1 aliphatic heterocycles. The van der Waals surface area contributed by atoms with Crippen molar-refractivity contribution in [2.24, 2.45) is 0 Å². The third-order valence-electron chi connectivity index (χ3n) is 7.36. The lowest BCUT2D eigenvalue weighted by atomic mass is 9.98. The predicted octanol–water partition coefficient (Wildman–Crippen LogP) is 5.41. The Labute approximate surface area is 227 Å². The fourth-order valence-corrected chi connectivity index (χ4v) is 5.42. The molecule has 0 bridgehead atoms. The van der Waals surface area contributed by atoms with Crippen LogP contribution in [0.1, 0.15) is 43.0 Å². The number of ether oxygens (including phenoxy) is 2. The molecule has 2 aromatic heterocycles. The maximum absolute atomic E-state index is 14.5. The number of amides is 1. The highest BCUT2D eigenvalue weighted by molar-refractivity contribution is 6.11. The van der Waals surface area contributed by atoms with Crippen LogP contribution in [0.3, 0.4) is 0 Å². The number of likely N-dealkylation sites (tertiary alicyclic amines) is 1. The molecule has 4 aromatic rings. The van der Waals surface area contributed by atoms with E-state index in [1.165, 1.54) is 13.2 Å². The number of H-pyrrole nitrogens is 1. The Morgan fingerprint density at radius 1 is 1.23 bits per heavy atom. The number of piperidine rings is 1. The molecule has 1 saturated heterocycles. The molecule has 0 atom stereocenters. The number of methoxy groups -OCH3 is 1. The van der Waals surface area contributed by atoms with Crippen LogP contribution < -0.4 is 10.1 Å². The van der Waals surface area contributed by atoms with Gasteiger partial charge in [0, 0.05) is 54.0 Å². The third kappa shape index (κ3) is 5.63. The van der Waals surface area contributed by atoms with Crippen LogP contribution in [0.15, 0.2) is 42.5 Å². The molecular weight excluding hydrogens is 499 g/mol. The number of carbonyl (C=O) groups excluding carboxylic acids is 1. The lowest BCUT2D eigenvalue weighted by Crippen LogP contribution is -2.42. The SMILES string of the molecule is CCOC(=O)N1CCC(Nc2nc(Cc3ccc(OC)c(F)c3)c3[nH]c4ccccc4c3c2CCCO)CC1. The molecule has 8 nitrogen and oxygen atoms in total. The minimum Gasteiger partial charge on any atom is -0.494 e. The maximum Gasteiger partial charge on any atom is 0.409 e. The fraction of sp³-hybridized carbons (Fsp3) is 0.400. The number of nitrogens with zero attached hydrogens (tertiary/aromatic N) is 2. The summed E-state index contributed by atoms with van der Waals surface area (Å²) in [7, 11) is 1.45. The van der Waals surface area contributed by atoms with E-state index in [0.29, 0.717) is 39.0 Å². The van der Waals surface area contributed by atoms with Gasteiger partial charge >= 0.3 is 6.09 Å². The molecule has 0 aliphatic carbocycles. The molecule has 1 amide bonds. The van der Waals surface area contributed by atoms with Crippen LogP contribution >= 0.6 is 0 Å². The van der Waals surface area contributed by atoms with Crippen molar-refractivity contribution in [3.05, 3.63) is 65.1 Å². The number of aromatic amines is 1. The summed E-state index contributed by atoms with van der Waals surface area (Å²) in [5.74, 6) is 0.576. The minimum absolute atomic E-state index is 0.0775. The number of fused-ring (bicyclic) bond motifs is 3. The van der Waals surface area contributed by atoms with Crippen molar-refractivity contribution >= 4 is 33.7 Å². The number of anilines is 1. The van der Waals surface area contributed by atoms with Gasteiger partial charge in [0.1, 0.15) is 5.82 Å². The summed E-state index contributed by atoms with van der Waals surface area (Å²) in [5, 5.41) is 15.5. The number of aryl methyl sites for hydroxylation is 1. The molecule has 0 spiro atoms. The lowest BCUT2D eigenvalue weighted by Gasteiger charge is -2.32. The zero-order valence-electron chi connectivity index (χ0n) is 22.4. The van der Waals surface area contributed by atoms with E-state index >= 15 is 0 Å². The Kier molecular flexibility index (Phi) is 8.16. The number of benzene rings is 2. The first-order valence-electron chi connectivity index (χ1n) is 13.6. The zero-order chi connectivity index (χ0) is 27.4. The predicted molar refractivity (Wildman–Crippen MR) is 150 cm³/mol. The van der Waals surface area contributed by atoms with E-state index in [0.717, 1.165) is 57.3 Å². The Hall–Kier alpha value is -3.85. The summed E-state index contributed by atoms with van der Waals surface area (Å²) in [5.41, 5.74) is 4.57. The first kappa shape index (κ1) is 26.7. The quantitative estimate of drug-likeness (QED) is 0.266. The number of para-hydroxylation sites is 1. The minimum atomic E-state index is -0.408. The first-order valence-corrected chi connectivity index (χ1v) is 13.6. The van der Waals surface area contributed by atoms with Crippen molar-refractivity contribution in [1.82, 2.24) is 14.9 Å². The second-order valence-electron chi connectivity index (χ2n) is 9.88. The van der Waals surface area contributed by atoms with Gasteiger partial charge in [-0.1, -0.05) is 24.3 Å². The molecule has 0 saturated carbocycles. The Morgan fingerprint density at radius 2 is 2.03 bits per heavy atom. The molecule has 3 heterocycles. The summed E-state index contributed by atoms with van der Waals surface area (Å²) in [4.78, 5) is 22.6. The van der Waals surface area contributed by atoms with E-state index in [1.807, 2.05) is 31.2 Å². The maximum atomic E-state index is 14.5. The number of nitrogens with one attached hydrogen (secondary N) is 2. The van der Waals surface area contributed by atoms with Crippen molar-refractivity contribution in [2.75, 3.05) is 38.7 Å². The number of pyridine rings is 1. The molecule has 39 heavy (non-hydrogen) atoms. The number of rotatable bonds is 9. The van der Waals surface area contributed by atoms with Crippen LogP contribution in [0.5, 0.6) is 5.75 Å². The molecule has 0 unspecified atom stereocenters.